The fourth-order valence-electron chi connectivity index (χ4n) is 2.97. The van der Waals surface area contributed by atoms with Gasteiger partial charge in [-0.05, 0) is 47.4 Å². The van der Waals surface area contributed by atoms with Gasteiger partial charge in [0.1, 0.15) is 0 Å². The number of hydrogen-bond acceptors (Lipinski definition) is 3. The molecule has 0 aliphatic carbocycles. The maximum atomic E-state index is 6.07. The van der Waals surface area contributed by atoms with E-state index in [1.165, 1.54) is 16.7 Å². The molecule has 3 nitrogen and oxygen atoms in total. The summed E-state index contributed by atoms with van der Waals surface area (Å²) in [4.78, 5) is 2.43. The highest BCUT2D eigenvalue weighted by atomic mass is 35.5. The zero-order valence-electron chi connectivity index (χ0n) is 12.9. The third-order valence-electron chi connectivity index (χ3n) is 4.09. The Morgan fingerprint density at radius 2 is 1.77 bits per heavy atom. The summed E-state index contributed by atoms with van der Waals surface area (Å²) in [7, 11) is 3.36. The van der Waals surface area contributed by atoms with Crippen LogP contribution in [-0.4, -0.2) is 25.7 Å². The van der Waals surface area contributed by atoms with Gasteiger partial charge in [0.2, 0.25) is 0 Å². The van der Waals surface area contributed by atoms with Crippen molar-refractivity contribution >= 4 is 11.6 Å². The van der Waals surface area contributed by atoms with Crippen molar-refractivity contribution in [1.82, 2.24) is 4.90 Å². The molecule has 116 valence electrons. The Morgan fingerprint density at radius 3 is 2.45 bits per heavy atom. The van der Waals surface area contributed by atoms with Crippen molar-refractivity contribution in [3.63, 3.8) is 0 Å². The van der Waals surface area contributed by atoms with Gasteiger partial charge in [-0.2, -0.15) is 0 Å². The van der Waals surface area contributed by atoms with Crippen LogP contribution in [0.25, 0.3) is 0 Å². The van der Waals surface area contributed by atoms with Crippen LogP contribution in [0.4, 0.5) is 0 Å². The molecule has 0 atom stereocenters. The highest BCUT2D eigenvalue weighted by Gasteiger charge is 2.19. The Balaban J connectivity index is 1.78. The molecule has 0 saturated heterocycles. The van der Waals surface area contributed by atoms with E-state index >= 15 is 0 Å². The average molecular weight is 318 g/mol. The van der Waals surface area contributed by atoms with E-state index in [1.54, 1.807) is 14.2 Å². The van der Waals surface area contributed by atoms with Gasteiger partial charge in [-0.3, -0.25) is 4.90 Å². The first kappa shape index (κ1) is 15.2. The monoisotopic (exact) mass is 317 g/mol. The van der Waals surface area contributed by atoms with Crippen LogP contribution in [-0.2, 0) is 19.5 Å². The fourth-order valence-corrected chi connectivity index (χ4v) is 3.18. The van der Waals surface area contributed by atoms with E-state index in [2.05, 4.69) is 23.1 Å². The molecule has 0 spiro atoms. The SMILES string of the molecule is COc1cc2c(cc1OC)CN(Cc1cccc(Cl)c1)CC2. The Bertz CT molecular complexity index is 672. The van der Waals surface area contributed by atoms with Crippen LogP contribution in [0.5, 0.6) is 11.5 Å². The molecule has 1 aliphatic heterocycles. The van der Waals surface area contributed by atoms with Gasteiger partial charge in [-0.25, -0.2) is 0 Å². The Labute approximate surface area is 136 Å². The van der Waals surface area contributed by atoms with E-state index in [0.717, 1.165) is 42.6 Å². The zero-order chi connectivity index (χ0) is 15.5. The number of nitrogens with zero attached hydrogens (tertiary/aromatic N) is 1. The second-order valence-electron chi connectivity index (χ2n) is 5.57. The first-order valence-electron chi connectivity index (χ1n) is 7.40. The van der Waals surface area contributed by atoms with Gasteiger partial charge < -0.3 is 9.47 Å². The lowest BCUT2D eigenvalue weighted by atomic mass is 9.98. The largest absolute Gasteiger partial charge is 0.493 e. The molecule has 3 rings (SSSR count). The number of hydrogen-bond donors (Lipinski definition) is 0. The summed E-state index contributed by atoms with van der Waals surface area (Å²) >= 11 is 6.07. The van der Waals surface area contributed by atoms with Crippen molar-refractivity contribution < 1.29 is 9.47 Å². The Morgan fingerprint density at radius 1 is 1.05 bits per heavy atom. The number of rotatable bonds is 4. The van der Waals surface area contributed by atoms with Crippen molar-refractivity contribution in [3.05, 3.63) is 58.1 Å². The highest BCUT2D eigenvalue weighted by Crippen LogP contribution is 2.33. The average Bonchev–Trinajstić information content (AvgIpc) is 2.53. The minimum atomic E-state index is 0.793. The van der Waals surface area contributed by atoms with Crippen molar-refractivity contribution in [2.24, 2.45) is 0 Å². The molecule has 1 heterocycles. The van der Waals surface area contributed by atoms with Crippen LogP contribution < -0.4 is 9.47 Å². The summed E-state index contributed by atoms with van der Waals surface area (Å²) in [6.45, 7) is 2.87. The molecule has 22 heavy (non-hydrogen) atoms. The van der Waals surface area contributed by atoms with E-state index in [0.29, 0.717) is 0 Å². The van der Waals surface area contributed by atoms with Gasteiger partial charge in [0.05, 0.1) is 14.2 Å². The van der Waals surface area contributed by atoms with Crippen molar-refractivity contribution in [3.8, 4) is 11.5 Å². The van der Waals surface area contributed by atoms with Crippen LogP contribution >= 0.6 is 11.6 Å². The minimum Gasteiger partial charge on any atom is -0.493 e. The lowest BCUT2D eigenvalue weighted by molar-refractivity contribution is 0.244. The smallest absolute Gasteiger partial charge is 0.161 e. The third kappa shape index (κ3) is 3.21. The van der Waals surface area contributed by atoms with Gasteiger partial charge in [-0.15, -0.1) is 0 Å². The zero-order valence-corrected chi connectivity index (χ0v) is 13.7. The summed E-state index contributed by atoms with van der Waals surface area (Å²) in [5, 5.41) is 0.793. The van der Waals surface area contributed by atoms with Crippen LogP contribution in [0.15, 0.2) is 36.4 Å². The van der Waals surface area contributed by atoms with E-state index < -0.39 is 0 Å². The molecule has 0 N–H and O–H groups in total. The standard InChI is InChI=1S/C18H20ClNO2/c1-21-17-9-14-6-7-20(12-15(14)10-18(17)22-2)11-13-4-3-5-16(19)8-13/h3-5,8-10H,6-7,11-12H2,1-2H3. The van der Waals surface area contributed by atoms with E-state index in [-0.39, 0.29) is 0 Å². The number of methoxy groups -OCH3 is 2. The van der Waals surface area contributed by atoms with Crippen molar-refractivity contribution in [2.75, 3.05) is 20.8 Å². The first-order valence-corrected chi connectivity index (χ1v) is 7.78. The van der Waals surface area contributed by atoms with Crippen molar-refractivity contribution in [1.29, 1.82) is 0 Å². The Hall–Kier alpha value is -1.71. The first-order chi connectivity index (χ1) is 10.7. The van der Waals surface area contributed by atoms with Gasteiger partial charge in [-0.1, -0.05) is 23.7 Å². The fraction of sp³-hybridized carbons (Fsp3) is 0.333. The highest BCUT2D eigenvalue weighted by molar-refractivity contribution is 6.30. The summed E-state index contributed by atoms with van der Waals surface area (Å²) in [5.74, 6) is 1.61. The molecule has 0 amide bonds. The number of benzene rings is 2. The van der Waals surface area contributed by atoms with Crippen molar-refractivity contribution in [2.45, 2.75) is 19.5 Å². The quantitative estimate of drug-likeness (QED) is 0.853. The molecule has 4 heteroatoms. The van der Waals surface area contributed by atoms with E-state index in [4.69, 9.17) is 21.1 Å². The molecule has 2 aromatic carbocycles. The summed E-state index contributed by atoms with van der Waals surface area (Å²) in [5.41, 5.74) is 3.90. The predicted molar refractivity (Wildman–Crippen MR) is 88.8 cm³/mol. The minimum absolute atomic E-state index is 0.793. The molecule has 0 saturated carbocycles. The molecule has 0 fully saturated rings. The molecule has 0 radical (unpaired) electrons. The lowest BCUT2D eigenvalue weighted by Crippen LogP contribution is -2.30. The third-order valence-corrected chi connectivity index (χ3v) is 4.33. The molecule has 0 bridgehead atoms. The molecule has 2 aromatic rings. The second-order valence-corrected chi connectivity index (χ2v) is 6.00. The predicted octanol–water partition coefficient (Wildman–Crippen LogP) is 3.92. The van der Waals surface area contributed by atoms with Gasteiger partial charge in [0, 0.05) is 24.7 Å². The van der Waals surface area contributed by atoms with Crippen LogP contribution in [0.2, 0.25) is 5.02 Å². The summed E-state index contributed by atoms with van der Waals surface area (Å²) in [6.07, 6.45) is 1.02. The van der Waals surface area contributed by atoms with E-state index in [1.807, 2.05) is 18.2 Å². The maximum absolute atomic E-state index is 6.07. The summed E-state index contributed by atoms with van der Waals surface area (Å²) < 4.78 is 10.8. The van der Waals surface area contributed by atoms with Gasteiger partial charge >= 0.3 is 0 Å². The second kappa shape index (κ2) is 6.59. The molecule has 0 unspecified atom stereocenters. The number of halogens is 1. The Kier molecular flexibility index (Phi) is 4.55. The van der Waals surface area contributed by atoms with Crippen LogP contribution in [0, 0.1) is 0 Å². The normalized spacial score (nSPS) is 14.5. The molecular weight excluding hydrogens is 298 g/mol. The molecule has 1 aliphatic rings. The summed E-state index contributed by atoms with van der Waals surface area (Å²) in [6, 6.07) is 12.3. The topological polar surface area (TPSA) is 21.7 Å². The van der Waals surface area contributed by atoms with Gasteiger partial charge in [0.25, 0.3) is 0 Å². The van der Waals surface area contributed by atoms with Crippen LogP contribution in [0.1, 0.15) is 16.7 Å². The maximum Gasteiger partial charge on any atom is 0.161 e. The van der Waals surface area contributed by atoms with Gasteiger partial charge in [0.15, 0.2) is 11.5 Å². The number of fused-ring (bicyclic) bond motifs is 1. The molecule has 0 aromatic heterocycles. The van der Waals surface area contributed by atoms with E-state index in [9.17, 15) is 0 Å². The van der Waals surface area contributed by atoms with Crippen LogP contribution in [0.3, 0.4) is 0 Å². The number of ether oxygens (including phenoxy) is 2. The molecular formula is C18H20ClNO2. The lowest BCUT2D eigenvalue weighted by Gasteiger charge is -2.29.